The molecule has 1 aromatic carbocycles. The molecule has 0 amide bonds. The van der Waals surface area contributed by atoms with Gasteiger partial charge in [-0.15, -0.1) is 0 Å². The van der Waals surface area contributed by atoms with E-state index in [1.165, 1.54) is 0 Å². The van der Waals surface area contributed by atoms with Gasteiger partial charge in [0.25, 0.3) is 0 Å². The minimum absolute atomic E-state index is 0.595. The maximum Gasteiger partial charge on any atom is 0.119 e. The molecule has 0 aromatic heterocycles. The molecule has 1 aromatic rings. The van der Waals surface area contributed by atoms with Crippen molar-refractivity contribution in [1.29, 1.82) is 0 Å². The van der Waals surface area contributed by atoms with Crippen LogP contribution in [0.25, 0.3) is 0 Å². The average molecular weight is 209 g/mol. The van der Waals surface area contributed by atoms with Gasteiger partial charge in [0, 0.05) is 19.3 Å². The second kappa shape index (κ2) is 7.12. The van der Waals surface area contributed by atoms with Crippen molar-refractivity contribution in [2.24, 2.45) is 0 Å². The predicted octanol–water partition coefficient (Wildman–Crippen LogP) is 2.53. The van der Waals surface area contributed by atoms with Crippen molar-refractivity contribution in [3.8, 4) is 5.75 Å². The Kier molecular flexibility index (Phi) is 5.63. The van der Waals surface area contributed by atoms with E-state index in [0.29, 0.717) is 13.2 Å². The number of nitrogens with one attached hydrogen (secondary N) is 1. The summed E-state index contributed by atoms with van der Waals surface area (Å²) in [6.45, 7) is 4.37. The van der Waals surface area contributed by atoms with Crippen LogP contribution in [0.4, 0.5) is 5.69 Å². The average Bonchev–Trinajstić information content (AvgIpc) is 2.28. The molecule has 15 heavy (non-hydrogen) atoms. The maximum absolute atomic E-state index is 5.45. The zero-order chi connectivity index (χ0) is 10.9. The summed E-state index contributed by atoms with van der Waals surface area (Å²) < 4.78 is 10.4. The zero-order valence-corrected chi connectivity index (χ0v) is 9.45. The van der Waals surface area contributed by atoms with E-state index in [1.807, 2.05) is 24.3 Å². The fourth-order valence-corrected chi connectivity index (χ4v) is 1.18. The highest BCUT2D eigenvalue weighted by Gasteiger charge is 1.94. The normalized spacial score (nSPS) is 10.0. The fraction of sp³-hybridized carbons (Fsp3) is 0.500. The second-order valence-electron chi connectivity index (χ2n) is 3.29. The fourth-order valence-electron chi connectivity index (χ4n) is 1.18. The molecule has 3 heteroatoms. The van der Waals surface area contributed by atoms with Crippen LogP contribution >= 0.6 is 0 Å². The summed E-state index contributed by atoms with van der Waals surface area (Å²) in [6, 6.07) is 7.98. The molecule has 0 aliphatic heterocycles. The van der Waals surface area contributed by atoms with Crippen LogP contribution in [0.15, 0.2) is 24.3 Å². The summed E-state index contributed by atoms with van der Waals surface area (Å²) in [4.78, 5) is 0. The quantitative estimate of drug-likeness (QED) is 0.700. The van der Waals surface area contributed by atoms with Gasteiger partial charge >= 0.3 is 0 Å². The Morgan fingerprint density at radius 3 is 2.47 bits per heavy atom. The minimum Gasteiger partial charge on any atom is -0.491 e. The monoisotopic (exact) mass is 209 g/mol. The highest BCUT2D eigenvalue weighted by Crippen LogP contribution is 2.15. The van der Waals surface area contributed by atoms with Gasteiger partial charge in [-0.2, -0.15) is 0 Å². The molecule has 0 spiro atoms. The molecule has 0 saturated carbocycles. The van der Waals surface area contributed by atoms with E-state index in [0.717, 1.165) is 24.4 Å². The number of rotatable bonds is 7. The van der Waals surface area contributed by atoms with Gasteiger partial charge in [0.05, 0.1) is 6.61 Å². The Hall–Kier alpha value is -1.22. The maximum atomic E-state index is 5.45. The van der Waals surface area contributed by atoms with Gasteiger partial charge in [-0.25, -0.2) is 0 Å². The number of methoxy groups -OCH3 is 1. The topological polar surface area (TPSA) is 30.5 Å². The third kappa shape index (κ3) is 4.70. The molecule has 0 aliphatic rings. The van der Waals surface area contributed by atoms with Gasteiger partial charge < -0.3 is 14.8 Å². The van der Waals surface area contributed by atoms with Gasteiger partial charge in [0.15, 0.2) is 0 Å². The van der Waals surface area contributed by atoms with Gasteiger partial charge in [-0.05, 0) is 30.7 Å². The Balaban J connectivity index is 2.35. The van der Waals surface area contributed by atoms with Crippen LogP contribution in [0, 0.1) is 0 Å². The van der Waals surface area contributed by atoms with Crippen LogP contribution in [-0.2, 0) is 4.74 Å². The summed E-state index contributed by atoms with van der Waals surface area (Å²) in [5, 5.41) is 3.31. The molecule has 0 saturated heterocycles. The van der Waals surface area contributed by atoms with Crippen molar-refractivity contribution in [1.82, 2.24) is 0 Å². The van der Waals surface area contributed by atoms with Crippen LogP contribution in [0.3, 0.4) is 0 Å². The van der Waals surface area contributed by atoms with Crippen LogP contribution in [0.5, 0.6) is 5.75 Å². The zero-order valence-electron chi connectivity index (χ0n) is 9.45. The molecule has 0 fully saturated rings. The second-order valence-corrected chi connectivity index (χ2v) is 3.29. The van der Waals surface area contributed by atoms with Gasteiger partial charge in [-0.1, -0.05) is 6.92 Å². The van der Waals surface area contributed by atoms with Gasteiger partial charge in [0.2, 0.25) is 0 Å². The first-order valence-electron chi connectivity index (χ1n) is 5.32. The van der Waals surface area contributed by atoms with E-state index < -0.39 is 0 Å². The van der Waals surface area contributed by atoms with Crippen LogP contribution in [0.2, 0.25) is 0 Å². The molecule has 1 N–H and O–H groups in total. The van der Waals surface area contributed by atoms with Crippen molar-refractivity contribution >= 4 is 5.69 Å². The van der Waals surface area contributed by atoms with E-state index in [-0.39, 0.29) is 0 Å². The van der Waals surface area contributed by atoms with E-state index in [2.05, 4.69) is 12.2 Å². The van der Waals surface area contributed by atoms with Crippen molar-refractivity contribution < 1.29 is 9.47 Å². The van der Waals surface area contributed by atoms with Crippen molar-refractivity contribution in [2.45, 2.75) is 13.3 Å². The van der Waals surface area contributed by atoms with Crippen molar-refractivity contribution in [3.63, 3.8) is 0 Å². The van der Waals surface area contributed by atoms with E-state index in [1.54, 1.807) is 7.11 Å². The van der Waals surface area contributed by atoms with Crippen LogP contribution < -0.4 is 10.1 Å². The summed E-state index contributed by atoms with van der Waals surface area (Å²) >= 11 is 0. The summed E-state index contributed by atoms with van der Waals surface area (Å²) in [5.41, 5.74) is 1.14. The van der Waals surface area contributed by atoms with Crippen molar-refractivity contribution in [3.05, 3.63) is 24.3 Å². The van der Waals surface area contributed by atoms with E-state index >= 15 is 0 Å². The Morgan fingerprint density at radius 2 is 1.87 bits per heavy atom. The number of hydrogen-bond donors (Lipinski definition) is 1. The standard InChI is InChI=1S/C12H19NO2/c1-3-8-13-11-4-6-12(7-5-11)15-10-9-14-2/h4-7,13H,3,8-10H2,1-2H3. The molecular formula is C12H19NO2. The molecule has 0 unspecified atom stereocenters. The molecule has 0 aliphatic carbocycles. The SMILES string of the molecule is CCCNc1ccc(OCCOC)cc1. The lowest BCUT2D eigenvalue weighted by Gasteiger charge is -2.07. The molecule has 0 atom stereocenters. The summed E-state index contributed by atoms with van der Waals surface area (Å²) in [6.07, 6.45) is 1.13. The largest absolute Gasteiger partial charge is 0.491 e. The molecule has 1 rings (SSSR count). The number of ether oxygens (including phenoxy) is 2. The number of anilines is 1. The van der Waals surface area contributed by atoms with E-state index in [9.17, 15) is 0 Å². The molecule has 84 valence electrons. The highest BCUT2D eigenvalue weighted by atomic mass is 16.5. The first-order valence-corrected chi connectivity index (χ1v) is 5.32. The molecular weight excluding hydrogens is 190 g/mol. The Bertz CT molecular complexity index is 259. The first kappa shape index (κ1) is 11.9. The Morgan fingerprint density at radius 1 is 1.13 bits per heavy atom. The summed E-state index contributed by atoms with van der Waals surface area (Å²) in [7, 11) is 1.67. The van der Waals surface area contributed by atoms with Crippen LogP contribution in [0.1, 0.15) is 13.3 Å². The summed E-state index contributed by atoms with van der Waals surface area (Å²) in [5.74, 6) is 0.883. The lowest BCUT2D eigenvalue weighted by molar-refractivity contribution is 0.146. The van der Waals surface area contributed by atoms with Crippen molar-refractivity contribution in [2.75, 3.05) is 32.2 Å². The number of hydrogen-bond acceptors (Lipinski definition) is 3. The molecule has 0 bridgehead atoms. The smallest absolute Gasteiger partial charge is 0.119 e. The molecule has 0 heterocycles. The lowest BCUT2D eigenvalue weighted by Crippen LogP contribution is -2.04. The Labute approximate surface area is 91.4 Å². The van der Waals surface area contributed by atoms with E-state index in [4.69, 9.17) is 9.47 Å². The minimum atomic E-state index is 0.595. The third-order valence-electron chi connectivity index (χ3n) is 1.99. The number of benzene rings is 1. The van der Waals surface area contributed by atoms with Gasteiger partial charge in [-0.3, -0.25) is 0 Å². The van der Waals surface area contributed by atoms with Crippen LogP contribution in [-0.4, -0.2) is 26.9 Å². The first-order chi connectivity index (χ1) is 7.36. The van der Waals surface area contributed by atoms with Gasteiger partial charge in [0.1, 0.15) is 12.4 Å². The third-order valence-corrected chi connectivity index (χ3v) is 1.99. The lowest BCUT2D eigenvalue weighted by atomic mass is 10.3. The predicted molar refractivity (Wildman–Crippen MR) is 62.6 cm³/mol. The highest BCUT2D eigenvalue weighted by molar-refractivity contribution is 5.46. The molecule has 0 radical (unpaired) electrons. The molecule has 3 nitrogen and oxygen atoms in total.